The lowest BCUT2D eigenvalue weighted by Crippen LogP contribution is -2.32. The van der Waals surface area contributed by atoms with Crippen LogP contribution < -0.4 is 0 Å². The third-order valence-corrected chi connectivity index (χ3v) is 5.44. The molecule has 0 heterocycles. The van der Waals surface area contributed by atoms with E-state index in [0.717, 1.165) is 11.8 Å². The van der Waals surface area contributed by atoms with Crippen LogP contribution >= 0.6 is 0 Å². The van der Waals surface area contributed by atoms with Gasteiger partial charge >= 0.3 is 0 Å². The summed E-state index contributed by atoms with van der Waals surface area (Å²) in [5.41, 5.74) is 0. The molecule has 2 rings (SSSR count). The lowest BCUT2D eigenvalue weighted by molar-refractivity contribution is -0.197. The topological polar surface area (TPSA) is 18.5 Å². The third kappa shape index (κ3) is 5.04. The molecule has 0 aromatic heterocycles. The molecule has 2 saturated carbocycles. The molecule has 4 unspecified atom stereocenters. The average molecular weight is 282 g/mol. The lowest BCUT2D eigenvalue weighted by atomic mass is 9.78. The minimum absolute atomic E-state index is 0.0150. The van der Waals surface area contributed by atoms with Gasteiger partial charge in [0, 0.05) is 0 Å². The van der Waals surface area contributed by atoms with Gasteiger partial charge in [-0.1, -0.05) is 52.4 Å². The van der Waals surface area contributed by atoms with Crippen molar-refractivity contribution < 1.29 is 9.47 Å². The second-order valence-corrected chi connectivity index (χ2v) is 7.03. The minimum atomic E-state index is -0.0150. The maximum atomic E-state index is 6.20. The Hall–Kier alpha value is -0.0800. The van der Waals surface area contributed by atoms with E-state index < -0.39 is 0 Å². The van der Waals surface area contributed by atoms with Crippen LogP contribution in [0.3, 0.4) is 0 Å². The van der Waals surface area contributed by atoms with E-state index in [1.54, 1.807) is 0 Å². The van der Waals surface area contributed by atoms with E-state index in [0.29, 0.717) is 12.2 Å². The van der Waals surface area contributed by atoms with Crippen LogP contribution in [0.2, 0.25) is 0 Å². The van der Waals surface area contributed by atoms with Crippen LogP contribution in [0.5, 0.6) is 0 Å². The number of ether oxygens (including phenoxy) is 2. The third-order valence-electron chi connectivity index (χ3n) is 5.44. The number of hydrogen-bond acceptors (Lipinski definition) is 2. The summed E-state index contributed by atoms with van der Waals surface area (Å²) in [6, 6.07) is 0. The summed E-state index contributed by atoms with van der Waals surface area (Å²) in [5.74, 6) is 1.71. The van der Waals surface area contributed by atoms with Crippen LogP contribution in [-0.2, 0) is 9.47 Å². The van der Waals surface area contributed by atoms with Gasteiger partial charge in [0.2, 0.25) is 0 Å². The highest BCUT2D eigenvalue weighted by Gasteiger charge is 2.27. The van der Waals surface area contributed by atoms with E-state index in [-0.39, 0.29) is 6.29 Å². The van der Waals surface area contributed by atoms with E-state index in [4.69, 9.17) is 9.47 Å². The predicted molar refractivity (Wildman–Crippen MR) is 83.7 cm³/mol. The Morgan fingerprint density at radius 2 is 1.50 bits per heavy atom. The van der Waals surface area contributed by atoms with Crippen LogP contribution in [-0.4, -0.2) is 18.5 Å². The smallest absolute Gasteiger partial charge is 0.155 e. The van der Waals surface area contributed by atoms with Crippen molar-refractivity contribution in [2.45, 2.75) is 103 Å². The second kappa shape index (κ2) is 8.38. The summed E-state index contributed by atoms with van der Waals surface area (Å²) in [6.45, 7) is 6.81. The van der Waals surface area contributed by atoms with Crippen LogP contribution in [0.25, 0.3) is 0 Å². The molecule has 0 N–H and O–H groups in total. The summed E-state index contributed by atoms with van der Waals surface area (Å²) in [7, 11) is 0. The number of hydrogen-bond donors (Lipinski definition) is 0. The van der Waals surface area contributed by atoms with Gasteiger partial charge in [0.1, 0.15) is 0 Å². The zero-order valence-corrected chi connectivity index (χ0v) is 13.8. The first-order chi connectivity index (χ1) is 9.69. The molecule has 2 aliphatic carbocycles. The molecule has 2 heteroatoms. The molecular weight excluding hydrogens is 248 g/mol. The van der Waals surface area contributed by atoms with Gasteiger partial charge in [0.05, 0.1) is 12.2 Å². The second-order valence-electron chi connectivity index (χ2n) is 7.03. The zero-order chi connectivity index (χ0) is 14.4. The largest absolute Gasteiger partial charge is 0.350 e. The molecule has 0 aliphatic heterocycles. The Bertz CT molecular complexity index is 260. The monoisotopic (exact) mass is 282 g/mol. The molecule has 20 heavy (non-hydrogen) atoms. The summed E-state index contributed by atoms with van der Waals surface area (Å²) >= 11 is 0. The molecule has 2 aliphatic rings. The van der Waals surface area contributed by atoms with E-state index in [1.807, 2.05) is 0 Å². The molecule has 2 nitrogen and oxygen atoms in total. The summed E-state index contributed by atoms with van der Waals surface area (Å²) in [4.78, 5) is 0. The van der Waals surface area contributed by atoms with Crippen molar-refractivity contribution in [3.8, 4) is 0 Å². The van der Waals surface area contributed by atoms with Gasteiger partial charge in [-0.2, -0.15) is 0 Å². The van der Waals surface area contributed by atoms with Gasteiger partial charge in [-0.25, -0.2) is 0 Å². The van der Waals surface area contributed by atoms with E-state index in [2.05, 4.69) is 20.8 Å². The van der Waals surface area contributed by atoms with Gasteiger partial charge in [-0.15, -0.1) is 0 Å². The molecule has 0 spiro atoms. The Kier molecular flexibility index (Phi) is 6.83. The van der Waals surface area contributed by atoms with Crippen LogP contribution in [0.1, 0.15) is 85.0 Å². The number of rotatable bonds is 6. The van der Waals surface area contributed by atoms with Gasteiger partial charge < -0.3 is 9.47 Å². The molecule has 4 atom stereocenters. The standard InChI is InChI=1S/C18H34O2/c1-4-14(2)16-9-8-12-18(13-16)20-15(3)19-17-10-6-5-7-11-17/h14-18H,4-13H2,1-3H3. The molecule has 0 radical (unpaired) electrons. The maximum Gasteiger partial charge on any atom is 0.155 e. The first-order valence-electron chi connectivity index (χ1n) is 9.00. The average Bonchev–Trinajstić information content (AvgIpc) is 2.47. The highest BCUT2D eigenvalue weighted by atomic mass is 16.7. The van der Waals surface area contributed by atoms with Gasteiger partial charge in [0.15, 0.2) is 6.29 Å². The highest BCUT2D eigenvalue weighted by Crippen LogP contribution is 2.33. The van der Waals surface area contributed by atoms with Crippen LogP contribution in [0, 0.1) is 11.8 Å². The molecule has 118 valence electrons. The Morgan fingerprint density at radius 1 is 0.850 bits per heavy atom. The fourth-order valence-electron chi connectivity index (χ4n) is 3.93. The minimum Gasteiger partial charge on any atom is -0.350 e. The summed E-state index contributed by atoms with van der Waals surface area (Å²) < 4.78 is 12.3. The first kappa shape index (κ1) is 16.3. The molecule has 0 amide bonds. The van der Waals surface area contributed by atoms with Gasteiger partial charge in [-0.05, 0) is 44.4 Å². The fourth-order valence-corrected chi connectivity index (χ4v) is 3.93. The molecule has 0 aromatic rings. The quantitative estimate of drug-likeness (QED) is 0.615. The van der Waals surface area contributed by atoms with Crippen molar-refractivity contribution in [1.82, 2.24) is 0 Å². The van der Waals surface area contributed by atoms with E-state index >= 15 is 0 Å². The van der Waals surface area contributed by atoms with Crippen LogP contribution in [0.4, 0.5) is 0 Å². The van der Waals surface area contributed by atoms with E-state index in [9.17, 15) is 0 Å². The molecule has 0 bridgehead atoms. The molecule has 0 aromatic carbocycles. The fraction of sp³-hybridized carbons (Fsp3) is 1.00. The molecule has 0 saturated heterocycles. The van der Waals surface area contributed by atoms with Gasteiger partial charge in [-0.3, -0.25) is 0 Å². The van der Waals surface area contributed by atoms with Crippen molar-refractivity contribution in [2.75, 3.05) is 0 Å². The zero-order valence-electron chi connectivity index (χ0n) is 13.8. The van der Waals surface area contributed by atoms with Crippen LogP contribution in [0.15, 0.2) is 0 Å². The van der Waals surface area contributed by atoms with E-state index in [1.165, 1.54) is 64.2 Å². The summed E-state index contributed by atoms with van der Waals surface area (Å²) in [5, 5.41) is 0. The summed E-state index contributed by atoms with van der Waals surface area (Å²) in [6.07, 6.45) is 13.9. The van der Waals surface area contributed by atoms with Crippen molar-refractivity contribution in [3.05, 3.63) is 0 Å². The SMILES string of the molecule is CCC(C)C1CCCC(OC(C)OC2CCCCC2)C1. The van der Waals surface area contributed by atoms with Crippen molar-refractivity contribution in [3.63, 3.8) is 0 Å². The normalized spacial score (nSPS) is 31.9. The maximum absolute atomic E-state index is 6.20. The Balaban J connectivity index is 1.71. The Labute approximate surface area is 125 Å². The Morgan fingerprint density at radius 3 is 2.20 bits per heavy atom. The predicted octanol–water partition coefficient (Wildman–Crippen LogP) is 5.30. The highest BCUT2D eigenvalue weighted by molar-refractivity contribution is 4.77. The van der Waals surface area contributed by atoms with Crippen molar-refractivity contribution in [1.29, 1.82) is 0 Å². The van der Waals surface area contributed by atoms with Crippen molar-refractivity contribution >= 4 is 0 Å². The first-order valence-corrected chi connectivity index (χ1v) is 9.00. The molecular formula is C18H34O2. The van der Waals surface area contributed by atoms with Crippen molar-refractivity contribution in [2.24, 2.45) is 11.8 Å². The lowest BCUT2D eigenvalue weighted by Gasteiger charge is -2.35. The molecule has 2 fully saturated rings. The van der Waals surface area contributed by atoms with Gasteiger partial charge in [0.25, 0.3) is 0 Å².